The fourth-order valence-corrected chi connectivity index (χ4v) is 3.97. The van der Waals surface area contributed by atoms with Crippen molar-refractivity contribution in [1.29, 1.82) is 0 Å². The summed E-state index contributed by atoms with van der Waals surface area (Å²) in [5, 5.41) is 5.93. The second-order valence-electron chi connectivity index (χ2n) is 6.94. The van der Waals surface area contributed by atoms with E-state index in [-0.39, 0.29) is 29.2 Å². The standard InChI is InChI=1S/C18H26N2O5S/c1-18(11-5-4-6-15(18)17(22)25-2)19-12-16(21)20-13-7-9-14(10-8-13)26(3,23)24/h7-10,15,19H,4-6,11-12H2,1-3H3,(H,20,21)/t15-,18+/m1/s1. The van der Waals surface area contributed by atoms with Crippen molar-refractivity contribution in [2.75, 3.05) is 25.2 Å². The number of amides is 1. The van der Waals surface area contributed by atoms with E-state index in [1.807, 2.05) is 6.92 Å². The molecule has 1 aromatic rings. The summed E-state index contributed by atoms with van der Waals surface area (Å²) < 4.78 is 27.8. The lowest BCUT2D eigenvalue weighted by Gasteiger charge is -2.40. The second kappa shape index (κ2) is 8.18. The van der Waals surface area contributed by atoms with E-state index in [2.05, 4.69) is 10.6 Å². The van der Waals surface area contributed by atoms with E-state index in [9.17, 15) is 18.0 Å². The van der Waals surface area contributed by atoms with E-state index in [0.29, 0.717) is 5.69 Å². The number of esters is 1. The van der Waals surface area contributed by atoms with Crippen LogP contribution in [0.4, 0.5) is 5.69 Å². The molecule has 1 aliphatic rings. The maximum absolute atomic E-state index is 12.2. The Hall–Kier alpha value is -1.93. The highest BCUT2D eigenvalue weighted by Gasteiger charge is 2.41. The smallest absolute Gasteiger partial charge is 0.310 e. The van der Waals surface area contributed by atoms with Gasteiger partial charge in [0.25, 0.3) is 0 Å². The predicted molar refractivity (Wildman–Crippen MR) is 98.6 cm³/mol. The topological polar surface area (TPSA) is 102 Å². The first-order chi connectivity index (χ1) is 12.2. The fraction of sp³-hybridized carbons (Fsp3) is 0.556. The molecule has 1 aromatic carbocycles. The molecule has 144 valence electrons. The summed E-state index contributed by atoms with van der Waals surface area (Å²) in [6, 6.07) is 6.00. The number of methoxy groups -OCH3 is 1. The molecule has 0 unspecified atom stereocenters. The van der Waals surface area contributed by atoms with Crippen molar-refractivity contribution in [3.05, 3.63) is 24.3 Å². The van der Waals surface area contributed by atoms with Crippen LogP contribution in [0.3, 0.4) is 0 Å². The summed E-state index contributed by atoms with van der Waals surface area (Å²) in [6.45, 7) is 2.00. The maximum Gasteiger partial charge on any atom is 0.310 e. The average molecular weight is 382 g/mol. The van der Waals surface area contributed by atoms with Crippen molar-refractivity contribution in [2.24, 2.45) is 5.92 Å². The van der Waals surface area contributed by atoms with Crippen molar-refractivity contribution in [1.82, 2.24) is 5.32 Å². The predicted octanol–water partition coefficient (Wildman–Crippen LogP) is 1.74. The Morgan fingerprint density at radius 2 is 1.88 bits per heavy atom. The molecule has 8 heteroatoms. The molecule has 0 saturated heterocycles. The van der Waals surface area contributed by atoms with Gasteiger partial charge in [-0.1, -0.05) is 12.8 Å². The molecule has 2 rings (SSSR count). The molecule has 1 fully saturated rings. The van der Waals surface area contributed by atoms with Gasteiger partial charge in [-0.05, 0) is 44.0 Å². The lowest BCUT2D eigenvalue weighted by atomic mass is 9.74. The van der Waals surface area contributed by atoms with Crippen LogP contribution in [-0.4, -0.2) is 45.7 Å². The fourth-order valence-electron chi connectivity index (χ4n) is 3.34. The molecule has 1 amide bonds. The van der Waals surface area contributed by atoms with Crippen LogP contribution in [0.5, 0.6) is 0 Å². The Balaban J connectivity index is 1.96. The first-order valence-electron chi connectivity index (χ1n) is 8.58. The molecule has 2 N–H and O–H groups in total. The minimum atomic E-state index is -3.27. The van der Waals surface area contributed by atoms with Crippen LogP contribution in [0.15, 0.2) is 29.2 Å². The molecule has 0 aliphatic heterocycles. The average Bonchev–Trinajstić information content (AvgIpc) is 2.59. The van der Waals surface area contributed by atoms with Gasteiger partial charge in [0, 0.05) is 17.5 Å². The van der Waals surface area contributed by atoms with E-state index in [0.717, 1.165) is 31.9 Å². The molecule has 26 heavy (non-hydrogen) atoms. The Bertz CT molecular complexity index is 760. The number of hydrogen-bond acceptors (Lipinski definition) is 6. The maximum atomic E-state index is 12.2. The molecule has 0 radical (unpaired) electrons. The molecule has 0 spiro atoms. The highest BCUT2D eigenvalue weighted by Crippen LogP contribution is 2.34. The molecule has 7 nitrogen and oxygen atoms in total. The number of ether oxygens (including phenoxy) is 1. The van der Waals surface area contributed by atoms with Gasteiger partial charge < -0.3 is 15.4 Å². The van der Waals surface area contributed by atoms with Crippen LogP contribution in [0.1, 0.15) is 32.6 Å². The quantitative estimate of drug-likeness (QED) is 0.727. The minimum absolute atomic E-state index is 0.0534. The van der Waals surface area contributed by atoms with Crippen LogP contribution >= 0.6 is 0 Å². The van der Waals surface area contributed by atoms with E-state index < -0.39 is 15.4 Å². The van der Waals surface area contributed by atoms with Gasteiger partial charge in [-0.2, -0.15) is 0 Å². The number of hydrogen-bond donors (Lipinski definition) is 2. The summed E-state index contributed by atoms with van der Waals surface area (Å²) in [5.74, 6) is -0.785. The van der Waals surface area contributed by atoms with Crippen molar-refractivity contribution in [3.8, 4) is 0 Å². The Morgan fingerprint density at radius 3 is 2.46 bits per heavy atom. The summed E-state index contributed by atoms with van der Waals surface area (Å²) >= 11 is 0. The van der Waals surface area contributed by atoms with Crippen LogP contribution in [-0.2, 0) is 24.2 Å². The first-order valence-corrected chi connectivity index (χ1v) is 10.5. The second-order valence-corrected chi connectivity index (χ2v) is 8.95. The minimum Gasteiger partial charge on any atom is -0.469 e. The molecule has 0 aromatic heterocycles. The van der Waals surface area contributed by atoms with Gasteiger partial charge in [-0.25, -0.2) is 8.42 Å². The summed E-state index contributed by atoms with van der Waals surface area (Å²) in [4.78, 5) is 24.4. The van der Waals surface area contributed by atoms with E-state index in [1.54, 1.807) is 12.1 Å². The number of benzene rings is 1. The Kier molecular flexibility index (Phi) is 6.41. The van der Waals surface area contributed by atoms with Crippen LogP contribution in [0, 0.1) is 5.92 Å². The third-order valence-electron chi connectivity index (χ3n) is 4.91. The largest absolute Gasteiger partial charge is 0.469 e. The molecule has 1 aliphatic carbocycles. The van der Waals surface area contributed by atoms with E-state index >= 15 is 0 Å². The number of nitrogens with one attached hydrogen (secondary N) is 2. The zero-order valence-corrected chi connectivity index (χ0v) is 16.2. The Labute approximate surface area is 154 Å². The van der Waals surface area contributed by atoms with Crippen molar-refractivity contribution >= 4 is 27.4 Å². The van der Waals surface area contributed by atoms with Crippen LogP contribution in [0.25, 0.3) is 0 Å². The first kappa shape index (κ1) is 20.4. The van der Waals surface area contributed by atoms with Crippen LogP contribution < -0.4 is 10.6 Å². The van der Waals surface area contributed by atoms with Gasteiger partial charge in [0.05, 0.1) is 24.5 Å². The third-order valence-corrected chi connectivity index (χ3v) is 6.04. The zero-order valence-electron chi connectivity index (χ0n) is 15.4. The van der Waals surface area contributed by atoms with Crippen molar-refractivity contribution in [2.45, 2.75) is 43.0 Å². The number of carbonyl (C=O) groups excluding carboxylic acids is 2. The van der Waals surface area contributed by atoms with Gasteiger partial charge in [0.2, 0.25) is 5.91 Å². The monoisotopic (exact) mass is 382 g/mol. The van der Waals surface area contributed by atoms with Crippen molar-refractivity contribution < 1.29 is 22.7 Å². The summed E-state index contributed by atoms with van der Waals surface area (Å²) in [6.07, 6.45) is 4.63. The molecule has 2 atom stereocenters. The summed E-state index contributed by atoms with van der Waals surface area (Å²) in [7, 11) is -1.89. The van der Waals surface area contributed by atoms with Gasteiger partial charge in [0.1, 0.15) is 0 Å². The summed E-state index contributed by atoms with van der Waals surface area (Å²) in [5.41, 5.74) is 0.0329. The van der Waals surface area contributed by atoms with E-state index in [1.165, 1.54) is 19.2 Å². The number of anilines is 1. The highest BCUT2D eigenvalue weighted by atomic mass is 32.2. The van der Waals surface area contributed by atoms with Gasteiger partial charge in [-0.3, -0.25) is 9.59 Å². The lowest BCUT2D eigenvalue weighted by molar-refractivity contribution is -0.150. The number of sulfone groups is 1. The Morgan fingerprint density at radius 1 is 1.23 bits per heavy atom. The SMILES string of the molecule is COC(=O)[C@H]1CCCC[C@]1(C)NCC(=O)Nc1ccc(S(C)(=O)=O)cc1. The number of carbonyl (C=O) groups is 2. The molecule has 1 saturated carbocycles. The normalized spacial score (nSPS) is 23.3. The van der Waals surface area contributed by atoms with Crippen molar-refractivity contribution in [3.63, 3.8) is 0 Å². The van der Waals surface area contributed by atoms with Gasteiger partial charge in [-0.15, -0.1) is 0 Å². The lowest BCUT2D eigenvalue weighted by Crippen LogP contribution is -2.55. The molecular weight excluding hydrogens is 356 g/mol. The van der Waals surface area contributed by atoms with Crippen LogP contribution in [0.2, 0.25) is 0 Å². The van der Waals surface area contributed by atoms with E-state index in [4.69, 9.17) is 4.74 Å². The third kappa shape index (κ3) is 5.04. The molecular formula is C18H26N2O5S. The zero-order chi connectivity index (χ0) is 19.4. The molecule has 0 heterocycles. The van der Waals surface area contributed by atoms with Gasteiger partial charge >= 0.3 is 5.97 Å². The molecule has 0 bridgehead atoms. The number of rotatable bonds is 6. The van der Waals surface area contributed by atoms with Gasteiger partial charge in [0.15, 0.2) is 9.84 Å². The highest BCUT2D eigenvalue weighted by molar-refractivity contribution is 7.90.